The molecule has 1 saturated heterocycles. The highest BCUT2D eigenvalue weighted by Crippen LogP contribution is 2.24. The van der Waals surface area contributed by atoms with Crippen LogP contribution < -0.4 is 4.90 Å². The molecule has 4 nitrogen and oxygen atoms in total. The largest absolute Gasteiger partial charge is 0.356 e. The number of aryl methyl sites for hydroxylation is 2. The quantitative estimate of drug-likeness (QED) is 0.724. The van der Waals surface area contributed by atoms with Crippen LogP contribution in [-0.4, -0.2) is 22.9 Å². The zero-order valence-corrected chi connectivity index (χ0v) is 10.0. The first-order chi connectivity index (χ1) is 7.74. The van der Waals surface area contributed by atoms with Crippen LogP contribution in [0.3, 0.4) is 0 Å². The summed E-state index contributed by atoms with van der Waals surface area (Å²) in [5.74, 6) is 1.00. The number of hydrogen-bond donors (Lipinski definition) is 0. The summed E-state index contributed by atoms with van der Waals surface area (Å²) in [6.45, 7) is 4.00. The average Bonchev–Trinajstić information content (AvgIpc) is 2.48. The van der Waals surface area contributed by atoms with E-state index in [1.807, 2.05) is 18.7 Å². The molecular formula is C12H18N4. The molecule has 0 radical (unpaired) electrons. The van der Waals surface area contributed by atoms with Crippen molar-refractivity contribution in [2.24, 2.45) is 7.05 Å². The van der Waals surface area contributed by atoms with E-state index in [0.717, 1.165) is 30.2 Å². The van der Waals surface area contributed by atoms with Gasteiger partial charge in [0.05, 0.1) is 5.69 Å². The molecule has 86 valence electrons. The minimum atomic E-state index is 0.740. The maximum atomic E-state index is 9.18. The number of hydrogen-bond acceptors (Lipinski definition) is 3. The summed E-state index contributed by atoms with van der Waals surface area (Å²) in [6, 6.07) is 2.28. The molecule has 0 aromatic carbocycles. The summed E-state index contributed by atoms with van der Waals surface area (Å²) in [7, 11) is 1.92. The molecule has 0 atom stereocenters. The lowest BCUT2D eigenvalue weighted by molar-refractivity contribution is 0.697. The first-order valence-electron chi connectivity index (χ1n) is 5.92. The van der Waals surface area contributed by atoms with E-state index < -0.39 is 0 Å². The van der Waals surface area contributed by atoms with Crippen molar-refractivity contribution < 1.29 is 0 Å². The highest BCUT2D eigenvalue weighted by atomic mass is 15.4. The van der Waals surface area contributed by atoms with Crippen LogP contribution in [0.4, 0.5) is 5.82 Å². The Hall–Kier alpha value is -1.50. The molecule has 1 aromatic rings. The van der Waals surface area contributed by atoms with Crippen molar-refractivity contribution >= 4 is 5.82 Å². The van der Waals surface area contributed by atoms with Gasteiger partial charge in [-0.15, -0.1) is 0 Å². The molecule has 0 aliphatic carbocycles. The molecule has 0 unspecified atom stereocenters. The zero-order chi connectivity index (χ0) is 11.5. The van der Waals surface area contributed by atoms with Crippen molar-refractivity contribution in [1.82, 2.24) is 9.78 Å². The lowest BCUT2D eigenvalue weighted by atomic mass is 10.2. The first-order valence-corrected chi connectivity index (χ1v) is 5.92. The third-order valence-corrected chi connectivity index (χ3v) is 3.21. The Morgan fingerprint density at radius 3 is 2.38 bits per heavy atom. The van der Waals surface area contributed by atoms with Crippen molar-refractivity contribution in [3.05, 3.63) is 11.3 Å². The second kappa shape index (κ2) is 4.56. The van der Waals surface area contributed by atoms with Gasteiger partial charge in [0, 0.05) is 20.1 Å². The molecule has 2 rings (SSSR count). The number of aromatic nitrogens is 2. The van der Waals surface area contributed by atoms with E-state index in [4.69, 9.17) is 0 Å². The number of nitriles is 1. The first kappa shape index (κ1) is 11.0. The van der Waals surface area contributed by atoms with E-state index in [1.165, 1.54) is 25.7 Å². The van der Waals surface area contributed by atoms with E-state index in [9.17, 15) is 5.26 Å². The van der Waals surface area contributed by atoms with Gasteiger partial charge in [0.2, 0.25) is 0 Å². The van der Waals surface area contributed by atoms with Crippen LogP contribution in [0, 0.1) is 18.3 Å². The Bertz CT molecular complexity index is 405. The standard InChI is InChI=1S/C12H18N4/c1-10-11(9-13)12(15(2)14-10)16-7-5-3-4-6-8-16/h3-8H2,1-2H3. The number of anilines is 1. The second-order valence-corrected chi connectivity index (χ2v) is 4.42. The number of nitrogens with zero attached hydrogens (tertiary/aromatic N) is 4. The van der Waals surface area contributed by atoms with Crippen LogP contribution in [0.5, 0.6) is 0 Å². The Morgan fingerprint density at radius 1 is 1.19 bits per heavy atom. The van der Waals surface area contributed by atoms with Gasteiger partial charge in [-0.25, -0.2) is 0 Å². The fourth-order valence-corrected chi connectivity index (χ4v) is 2.42. The van der Waals surface area contributed by atoms with Gasteiger partial charge >= 0.3 is 0 Å². The van der Waals surface area contributed by atoms with Crippen LogP contribution in [0.25, 0.3) is 0 Å². The summed E-state index contributed by atoms with van der Waals surface area (Å²) < 4.78 is 1.85. The van der Waals surface area contributed by atoms with Crippen LogP contribution in [0.1, 0.15) is 36.9 Å². The van der Waals surface area contributed by atoms with Gasteiger partial charge in [-0.2, -0.15) is 10.4 Å². The molecule has 1 aliphatic heterocycles. The van der Waals surface area contributed by atoms with E-state index in [-0.39, 0.29) is 0 Å². The Balaban J connectivity index is 2.34. The normalized spacial score (nSPS) is 16.9. The molecule has 0 bridgehead atoms. The fourth-order valence-electron chi connectivity index (χ4n) is 2.42. The molecule has 2 heterocycles. The van der Waals surface area contributed by atoms with Crippen LogP contribution in [0.2, 0.25) is 0 Å². The SMILES string of the molecule is Cc1nn(C)c(N2CCCCCC2)c1C#N. The molecular weight excluding hydrogens is 200 g/mol. The van der Waals surface area contributed by atoms with E-state index in [2.05, 4.69) is 16.1 Å². The average molecular weight is 218 g/mol. The minimum absolute atomic E-state index is 0.740. The lowest BCUT2D eigenvalue weighted by Gasteiger charge is -2.22. The minimum Gasteiger partial charge on any atom is -0.356 e. The molecule has 1 aliphatic rings. The smallest absolute Gasteiger partial charge is 0.144 e. The van der Waals surface area contributed by atoms with Crippen LogP contribution in [-0.2, 0) is 7.05 Å². The molecule has 1 aromatic heterocycles. The maximum Gasteiger partial charge on any atom is 0.144 e. The predicted octanol–water partition coefficient (Wildman–Crippen LogP) is 1.98. The van der Waals surface area contributed by atoms with Gasteiger partial charge in [-0.05, 0) is 19.8 Å². The molecule has 0 spiro atoms. The van der Waals surface area contributed by atoms with Crippen LogP contribution >= 0.6 is 0 Å². The summed E-state index contributed by atoms with van der Waals surface area (Å²) in [4.78, 5) is 2.31. The summed E-state index contributed by atoms with van der Waals surface area (Å²) in [5, 5.41) is 13.5. The Kier molecular flexibility index (Phi) is 3.14. The predicted molar refractivity (Wildman–Crippen MR) is 63.3 cm³/mol. The fraction of sp³-hybridized carbons (Fsp3) is 0.667. The lowest BCUT2D eigenvalue weighted by Crippen LogP contribution is -2.26. The molecule has 4 heteroatoms. The third-order valence-electron chi connectivity index (χ3n) is 3.21. The highest BCUT2D eigenvalue weighted by molar-refractivity contribution is 5.56. The molecule has 0 amide bonds. The molecule has 0 N–H and O–H groups in total. The van der Waals surface area contributed by atoms with Gasteiger partial charge in [-0.1, -0.05) is 12.8 Å². The summed E-state index contributed by atoms with van der Waals surface area (Å²) in [5.41, 5.74) is 1.58. The molecule has 16 heavy (non-hydrogen) atoms. The third kappa shape index (κ3) is 1.90. The van der Waals surface area contributed by atoms with Gasteiger partial charge in [0.15, 0.2) is 0 Å². The zero-order valence-electron chi connectivity index (χ0n) is 10.0. The van der Waals surface area contributed by atoms with Crippen molar-refractivity contribution in [3.63, 3.8) is 0 Å². The van der Waals surface area contributed by atoms with E-state index >= 15 is 0 Å². The maximum absolute atomic E-state index is 9.18. The van der Waals surface area contributed by atoms with Gasteiger partial charge in [-0.3, -0.25) is 4.68 Å². The topological polar surface area (TPSA) is 44.9 Å². The van der Waals surface area contributed by atoms with Gasteiger partial charge in [0.25, 0.3) is 0 Å². The summed E-state index contributed by atoms with van der Waals surface area (Å²) in [6.07, 6.45) is 5.04. The molecule has 1 fully saturated rings. The van der Waals surface area contributed by atoms with Crippen LogP contribution in [0.15, 0.2) is 0 Å². The Labute approximate surface area is 96.5 Å². The molecule has 0 saturated carbocycles. The van der Waals surface area contributed by atoms with Gasteiger partial charge < -0.3 is 4.90 Å². The van der Waals surface area contributed by atoms with E-state index in [1.54, 1.807) is 0 Å². The van der Waals surface area contributed by atoms with E-state index in [0.29, 0.717) is 0 Å². The van der Waals surface area contributed by atoms with Crippen molar-refractivity contribution in [3.8, 4) is 6.07 Å². The van der Waals surface area contributed by atoms with Crippen molar-refractivity contribution in [1.29, 1.82) is 5.26 Å². The Morgan fingerprint density at radius 2 is 1.81 bits per heavy atom. The summed E-state index contributed by atoms with van der Waals surface area (Å²) >= 11 is 0. The monoisotopic (exact) mass is 218 g/mol. The highest BCUT2D eigenvalue weighted by Gasteiger charge is 2.19. The van der Waals surface area contributed by atoms with Crippen molar-refractivity contribution in [2.75, 3.05) is 18.0 Å². The number of rotatable bonds is 1. The van der Waals surface area contributed by atoms with Gasteiger partial charge in [0.1, 0.15) is 17.5 Å². The van der Waals surface area contributed by atoms with Crippen molar-refractivity contribution in [2.45, 2.75) is 32.6 Å². The second-order valence-electron chi connectivity index (χ2n) is 4.42.